The number of likely N-dealkylation sites (tertiary alicyclic amines) is 1. The summed E-state index contributed by atoms with van der Waals surface area (Å²) < 4.78 is 41.1. The summed E-state index contributed by atoms with van der Waals surface area (Å²) >= 11 is 0. The smallest absolute Gasteiger partial charge is 0.324 e. The molecule has 2 amide bonds. The first-order valence-corrected chi connectivity index (χ1v) is 8.52. The molecule has 0 saturated carbocycles. The minimum absolute atomic E-state index is 0.151. The van der Waals surface area contributed by atoms with Crippen LogP contribution in [0, 0.1) is 0 Å². The molecule has 1 aliphatic heterocycles. The van der Waals surface area contributed by atoms with Crippen LogP contribution in [0.5, 0.6) is 0 Å². The molecule has 4 rings (SSSR count). The second-order valence-corrected chi connectivity index (χ2v) is 6.42. The van der Waals surface area contributed by atoms with Crippen molar-refractivity contribution in [1.29, 1.82) is 0 Å². The van der Waals surface area contributed by atoms with Gasteiger partial charge in [-0.15, -0.1) is 0 Å². The van der Waals surface area contributed by atoms with E-state index in [4.69, 9.17) is 0 Å². The molecule has 0 aromatic carbocycles. The molecule has 3 aromatic rings. The largest absolute Gasteiger partial charge is 0.435 e. The number of anilines is 1. The van der Waals surface area contributed by atoms with E-state index in [1.807, 2.05) is 18.2 Å². The molecular weight excluding hydrogens is 361 g/mol. The highest BCUT2D eigenvalue weighted by Crippen LogP contribution is 2.29. The number of hydrogen-bond acceptors (Lipinski definition) is 3. The van der Waals surface area contributed by atoms with Gasteiger partial charge in [0.15, 0.2) is 5.69 Å². The molecule has 1 fully saturated rings. The third-order valence-corrected chi connectivity index (χ3v) is 4.69. The molecule has 3 aromatic heterocycles. The van der Waals surface area contributed by atoms with Gasteiger partial charge in [0.25, 0.3) is 0 Å². The summed E-state index contributed by atoms with van der Waals surface area (Å²) in [5.74, 6) is 0. The summed E-state index contributed by atoms with van der Waals surface area (Å²) in [4.78, 5) is 14.1. The Labute approximate surface area is 152 Å². The van der Waals surface area contributed by atoms with E-state index < -0.39 is 11.9 Å². The van der Waals surface area contributed by atoms with E-state index in [9.17, 15) is 18.0 Å². The first-order valence-electron chi connectivity index (χ1n) is 8.52. The van der Waals surface area contributed by atoms with Crippen molar-refractivity contribution in [3.8, 4) is 0 Å². The highest BCUT2D eigenvalue weighted by Gasteiger charge is 2.34. The van der Waals surface area contributed by atoms with Gasteiger partial charge in [-0.3, -0.25) is 4.68 Å². The molecule has 1 saturated heterocycles. The number of nitrogens with one attached hydrogen (secondary N) is 1. The van der Waals surface area contributed by atoms with Crippen molar-refractivity contribution in [3.05, 3.63) is 48.5 Å². The number of piperidine rings is 1. The Balaban J connectivity index is 1.37. The maximum atomic E-state index is 12.7. The second-order valence-electron chi connectivity index (χ2n) is 6.42. The lowest BCUT2D eigenvalue weighted by Gasteiger charge is -2.32. The Hall–Kier alpha value is -3.04. The predicted octanol–water partition coefficient (Wildman–Crippen LogP) is 3.42. The number of carbonyl (C=O) groups is 1. The van der Waals surface area contributed by atoms with Crippen molar-refractivity contribution in [2.45, 2.75) is 25.1 Å². The van der Waals surface area contributed by atoms with Gasteiger partial charge < -0.3 is 10.2 Å². The lowest BCUT2D eigenvalue weighted by atomic mass is 10.1. The predicted molar refractivity (Wildman–Crippen MR) is 91.3 cm³/mol. The number of amides is 2. The average molecular weight is 378 g/mol. The van der Waals surface area contributed by atoms with Crippen LogP contribution in [0.4, 0.5) is 23.7 Å². The van der Waals surface area contributed by atoms with Gasteiger partial charge in [0.05, 0.1) is 23.4 Å². The summed E-state index contributed by atoms with van der Waals surface area (Å²) in [5, 5.41) is 10.6. The van der Waals surface area contributed by atoms with E-state index in [2.05, 4.69) is 15.5 Å². The fourth-order valence-electron chi connectivity index (χ4n) is 3.25. The van der Waals surface area contributed by atoms with Crippen molar-refractivity contribution in [1.82, 2.24) is 24.3 Å². The van der Waals surface area contributed by atoms with Crippen LogP contribution in [0.15, 0.2) is 42.9 Å². The standard InChI is InChI=1S/C17H17F3N6O/c18-17(19,20)15-6-10-25(23-15)12-4-8-24(9-5-12)16(27)22-13-11-21-26-7-2-1-3-14(13)26/h1-3,6-7,10-12H,4-5,8-9H2,(H,22,27). The maximum Gasteiger partial charge on any atom is 0.435 e. The van der Waals surface area contributed by atoms with Gasteiger partial charge in [0.1, 0.15) is 0 Å². The number of carbonyl (C=O) groups excluding carboxylic acids is 1. The van der Waals surface area contributed by atoms with Crippen molar-refractivity contribution < 1.29 is 18.0 Å². The van der Waals surface area contributed by atoms with E-state index in [-0.39, 0.29) is 12.1 Å². The van der Waals surface area contributed by atoms with Crippen LogP contribution in [-0.4, -0.2) is 43.4 Å². The van der Waals surface area contributed by atoms with Gasteiger partial charge in [-0.1, -0.05) is 6.07 Å². The molecule has 10 heteroatoms. The number of alkyl halides is 3. The molecule has 0 aliphatic carbocycles. The Morgan fingerprint density at radius 1 is 1.15 bits per heavy atom. The van der Waals surface area contributed by atoms with Crippen LogP contribution < -0.4 is 5.32 Å². The molecule has 0 unspecified atom stereocenters. The Kier molecular flexibility index (Phi) is 4.25. The van der Waals surface area contributed by atoms with Crippen LogP contribution >= 0.6 is 0 Å². The van der Waals surface area contributed by atoms with Gasteiger partial charge in [-0.2, -0.15) is 23.4 Å². The zero-order chi connectivity index (χ0) is 19.0. The maximum absolute atomic E-state index is 12.7. The third-order valence-electron chi connectivity index (χ3n) is 4.69. The number of aromatic nitrogens is 4. The van der Waals surface area contributed by atoms with Gasteiger partial charge in [-0.05, 0) is 31.0 Å². The molecular formula is C17H17F3N6O. The van der Waals surface area contributed by atoms with Crippen LogP contribution in [0.2, 0.25) is 0 Å². The topological polar surface area (TPSA) is 67.5 Å². The summed E-state index contributed by atoms with van der Waals surface area (Å²) in [6.07, 6.45) is 1.36. The zero-order valence-corrected chi connectivity index (χ0v) is 14.2. The average Bonchev–Trinajstić information content (AvgIpc) is 3.30. The first-order chi connectivity index (χ1) is 12.9. The first kappa shape index (κ1) is 17.4. The van der Waals surface area contributed by atoms with Crippen LogP contribution in [0.3, 0.4) is 0 Å². The molecule has 27 heavy (non-hydrogen) atoms. The zero-order valence-electron chi connectivity index (χ0n) is 14.2. The summed E-state index contributed by atoms with van der Waals surface area (Å²) in [7, 11) is 0. The van der Waals surface area contributed by atoms with E-state index in [1.165, 1.54) is 10.9 Å². The second kappa shape index (κ2) is 6.60. The molecule has 1 aliphatic rings. The number of hydrogen-bond donors (Lipinski definition) is 1. The van der Waals surface area contributed by atoms with Crippen molar-refractivity contribution in [3.63, 3.8) is 0 Å². The number of halogens is 3. The van der Waals surface area contributed by atoms with Crippen molar-refractivity contribution in [2.24, 2.45) is 0 Å². The van der Waals surface area contributed by atoms with Gasteiger partial charge in [0.2, 0.25) is 0 Å². The number of urea groups is 1. The molecule has 0 bridgehead atoms. The van der Waals surface area contributed by atoms with Crippen molar-refractivity contribution >= 4 is 17.2 Å². The van der Waals surface area contributed by atoms with E-state index in [1.54, 1.807) is 21.8 Å². The van der Waals surface area contributed by atoms with Gasteiger partial charge in [-0.25, -0.2) is 9.31 Å². The van der Waals surface area contributed by atoms with Gasteiger partial charge in [0, 0.05) is 25.5 Å². The molecule has 0 spiro atoms. The Morgan fingerprint density at radius 3 is 2.63 bits per heavy atom. The minimum Gasteiger partial charge on any atom is -0.324 e. The highest BCUT2D eigenvalue weighted by atomic mass is 19.4. The molecule has 1 N–H and O–H groups in total. The number of nitrogens with zero attached hydrogens (tertiary/aromatic N) is 5. The monoisotopic (exact) mass is 378 g/mol. The van der Waals surface area contributed by atoms with Crippen LogP contribution in [0.25, 0.3) is 5.52 Å². The molecule has 7 nitrogen and oxygen atoms in total. The number of pyridine rings is 1. The quantitative estimate of drug-likeness (QED) is 0.743. The fourth-order valence-corrected chi connectivity index (χ4v) is 3.25. The molecule has 0 radical (unpaired) electrons. The van der Waals surface area contributed by atoms with E-state index in [0.717, 1.165) is 11.6 Å². The Bertz CT molecular complexity index is 955. The highest BCUT2D eigenvalue weighted by molar-refractivity contribution is 5.93. The minimum atomic E-state index is -4.44. The Morgan fingerprint density at radius 2 is 1.93 bits per heavy atom. The summed E-state index contributed by atoms with van der Waals surface area (Å²) in [6.45, 7) is 0.883. The van der Waals surface area contributed by atoms with Gasteiger partial charge >= 0.3 is 12.2 Å². The summed E-state index contributed by atoms with van der Waals surface area (Å²) in [6, 6.07) is 6.13. The third kappa shape index (κ3) is 3.46. The number of fused-ring (bicyclic) bond motifs is 1. The SMILES string of the molecule is O=C(Nc1cnn2ccccc12)N1CCC(n2ccc(C(F)(F)F)n2)CC1. The normalized spacial score (nSPS) is 16.0. The number of rotatable bonds is 2. The van der Waals surface area contributed by atoms with E-state index >= 15 is 0 Å². The fraction of sp³-hybridized carbons (Fsp3) is 0.353. The van der Waals surface area contributed by atoms with Crippen molar-refractivity contribution in [2.75, 3.05) is 18.4 Å². The van der Waals surface area contributed by atoms with Crippen LogP contribution in [-0.2, 0) is 6.18 Å². The lowest BCUT2D eigenvalue weighted by molar-refractivity contribution is -0.141. The lowest BCUT2D eigenvalue weighted by Crippen LogP contribution is -2.41. The van der Waals surface area contributed by atoms with Crippen LogP contribution in [0.1, 0.15) is 24.6 Å². The molecule has 142 valence electrons. The molecule has 0 atom stereocenters. The summed E-state index contributed by atoms with van der Waals surface area (Å²) in [5.41, 5.74) is 0.511. The molecule has 4 heterocycles. The van der Waals surface area contributed by atoms with E-state index in [0.29, 0.717) is 31.6 Å².